The normalized spacial score (nSPS) is 17.7. The molecule has 1 fully saturated rings. The summed E-state index contributed by atoms with van der Waals surface area (Å²) >= 11 is 1.49. The van der Waals surface area contributed by atoms with Gasteiger partial charge >= 0.3 is 18.3 Å². The third kappa shape index (κ3) is 8.12. The maximum absolute atomic E-state index is 13.0. The Morgan fingerprint density at radius 2 is 1.64 bits per heavy atom. The van der Waals surface area contributed by atoms with Crippen molar-refractivity contribution in [2.75, 3.05) is 23.5 Å². The lowest BCUT2D eigenvalue weighted by Gasteiger charge is -2.32. The second kappa shape index (κ2) is 12.7. The van der Waals surface area contributed by atoms with Gasteiger partial charge in [-0.25, -0.2) is 18.0 Å². The van der Waals surface area contributed by atoms with Crippen molar-refractivity contribution in [3.63, 3.8) is 0 Å². The van der Waals surface area contributed by atoms with Gasteiger partial charge in [0.15, 0.2) is 9.84 Å². The van der Waals surface area contributed by atoms with Crippen LogP contribution in [0.3, 0.4) is 0 Å². The Morgan fingerprint density at radius 3 is 2.21 bits per heavy atom. The van der Waals surface area contributed by atoms with E-state index in [2.05, 4.69) is 10.6 Å². The number of sulfone groups is 1. The number of imide groups is 1. The molecule has 212 valence electrons. The zero-order valence-electron chi connectivity index (χ0n) is 20.9. The monoisotopic (exact) mass is 587 g/mol. The van der Waals surface area contributed by atoms with Crippen LogP contribution in [0.25, 0.3) is 0 Å². The molecular formula is C25H28F3N3O6S2. The maximum atomic E-state index is 13.0. The summed E-state index contributed by atoms with van der Waals surface area (Å²) in [6.07, 6.45) is -1.81. The van der Waals surface area contributed by atoms with E-state index in [9.17, 15) is 41.1 Å². The van der Waals surface area contributed by atoms with Crippen molar-refractivity contribution in [2.24, 2.45) is 5.92 Å². The molecule has 1 aliphatic rings. The number of amides is 4. The number of carbonyl (C=O) groups excluding carboxylic acids is 2. The van der Waals surface area contributed by atoms with Gasteiger partial charge in [0, 0.05) is 10.9 Å². The smallest absolute Gasteiger partial charge is 0.420 e. The molecule has 2 aromatic carbocycles. The average molecular weight is 588 g/mol. The van der Waals surface area contributed by atoms with E-state index in [0.29, 0.717) is 25.0 Å². The zero-order chi connectivity index (χ0) is 28.8. The SMILES string of the molecule is CSc1ccc(S(=O)(=O)C[C@@H]2CCCC[C@@H]2NC(=O)CNC(=O)N(C(=O)O)c2ccc(C(F)(F)F)cc2)cc1. The fourth-order valence-corrected chi connectivity index (χ4v) is 6.48. The first-order chi connectivity index (χ1) is 18.3. The highest BCUT2D eigenvalue weighted by Crippen LogP contribution is 2.31. The molecule has 0 unspecified atom stereocenters. The first-order valence-corrected chi connectivity index (χ1v) is 14.8. The summed E-state index contributed by atoms with van der Waals surface area (Å²) in [4.78, 5) is 38.0. The van der Waals surface area contributed by atoms with E-state index in [0.717, 1.165) is 29.9 Å². The molecule has 3 N–H and O–H groups in total. The van der Waals surface area contributed by atoms with Gasteiger partial charge in [-0.15, -0.1) is 11.8 Å². The van der Waals surface area contributed by atoms with E-state index in [1.807, 2.05) is 6.26 Å². The van der Waals surface area contributed by atoms with Crippen LogP contribution in [0.15, 0.2) is 58.3 Å². The second-order valence-electron chi connectivity index (χ2n) is 9.00. The lowest BCUT2D eigenvalue weighted by molar-refractivity contribution is -0.137. The van der Waals surface area contributed by atoms with Crippen LogP contribution in [0.5, 0.6) is 0 Å². The molecule has 0 aromatic heterocycles. The van der Waals surface area contributed by atoms with Crippen molar-refractivity contribution in [3.8, 4) is 0 Å². The number of halogens is 3. The molecule has 2 aromatic rings. The number of benzene rings is 2. The van der Waals surface area contributed by atoms with Crippen LogP contribution >= 0.6 is 11.8 Å². The summed E-state index contributed by atoms with van der Waals surface area (Å²) in [5, 5.41) is 14.3. The fraction of sp³-hybridized carbons (Fsp3) is 0.400. The number of thioether (sulfide) groups is 1. The summed E-state index contributed by atoms with van der Waals surface area (Å²) < 4.78 is 64.3. The first-order valence-electron chi connectivity index (χ1n) is 12.0. The van der Waals surface area contributed by atoms with Gasteiger partial charge in [-0.3, -0.25) is 4.79 Å². The first kappa shape index (κ1) is 30.3. The minimum absolute atomic E-state index is 0.163. The Bertz CT molecular complexity index is 1290. The third-order valence-corrected chi connectivity index (χ3v) is 8.96. The molecule has 39 heavy (non-hydrogen) atoms. The molecule has 14 heteroatoms. The molecule has 0 spiro atoms. The zero-order valence-corrected chi connectivity index (χ0v) is 22.5. The summed E-state index contributed by atoms with van der Waals surface area (Å²) in [6.45, 7) is -0.616. The van der Waals surface area contributed by atoms with E-state index >= 15 is 0 Å². The highest BCUT2D eigenvalue weighted by Gasteiger charge is 2.33. The Hall–Kier alpha value is -3.26. The Kier molecular flexibility index (Phi) is 9.88. The number of anilines is 1. The quantitative estimate of drug-likeness (QED) is 0.379. The summed E-state index contributed by atoms with van der Waals surface area (Å²) in [7, 11) is -3.62. The Morgan fingerprint density at radius 1 is 1.03 bits per heavy atom. The van der Waals surface area contributed by atoms with Crippen molar-refractivity contribution in [1.29, 1.82) is 0 Å². The van der Waals surface area contributed by atoms with Gasteiger partial charge in [-0.2, -0.15) is 18.1 Å². The van der Waals surface area contributed by atoms with Gasteiger partial charge in [-0.1, -0.05) is 12.8 Å². The molecule has 9 nitrogen and oxygen atoms in total. The van der Waals surface area contributed by atoms with E-state index in [1.54, 1.807) is 24.3 Å². The lowest BCUT2D eigenvalue weighted by Crippen LogP contribution is -2.50. The number of hydrogen-bond acceptors (Lipinski definition) is 6. The highest BCUT2D eigenvalue weighted by molar-refractivity contribution is 7.98. The van der Waals surface area contributed by atoms with Gasteiger partial charge in [0.25, 0.3) is 0 Å². The Balaban J connectivity index is 1.61. The van der Waals surface area contributed by atoms with Crippen molar-refractivity contribution < 1.29 is 41.1 Å². The predicted octanol–water partition coefficient (Wildman–Crippen LogP) is 4.77. The van der Waals surface area contributed by atoms with Crippen molar-refractivity contribution in [3.05, 3.63) is 54.1 Å². The van der Waals surface area contributed by atoms with E-state index in [-0.39, 0.29) is 27.2 Å². The fourth-order valence-electron chi connectivity index (χ4n) is 4.37. The standard InChI is InChI=1S/C25H28F3N3O6S2/c1-38-19-10-12-20(13-11-19)39(36,37)15-16-4-2-3-5-21(16)30-22(32)14-29-23(33)31(24(34)35)18-8-6-17(7-9-18)25(26,27)28/h6-13,16,21H,2-5,14-15H2,1H3,(H,29,33)(H,30,32)(H,34,35)/t16-,21-/m0/s1. The third-order valence-electron chi connectivity index (χ3n) is 6.35. The topological polar surface area (TPSA) is 133 Å². The average Bonchev–Trinajstić information content (AvgIpc) is 2.88. The minimum Gasteiger partial charge on any atom is -0.464 e. The summed E-state index contributed by atoms with van der Waals surface area (Å²) in [5.41, 5.74) is -1.35. The van der Waals surface area contributed by atoms with Gasteiger partial charge < -0.3 is 15.7 Å². The largest absolute Gasteiger partial charge is 0.464 e. The van der Waals surface area contributed by atoms with Gasteiger partial charge in [0.2, 0.25) is 5.91 Å². The van der Waals surface area contributed by atoms with Crippen LogP contribution in [-0.2, 0) is 20.8 Å². The molecule has 0 bridgehead atoms. The second-order valence-corrected chi connectivity index (χ2v) is 11.9. The molecule has 0 radical (unpaired) electrons. The lowest BCUT2D eigenvalue weighted by atomic mass is 9.86. The number of rotatable bonds is 8. The minimum atomic E-state index is -4.64. The molecule has 0 aliphatic heterocycles. The number of nitrogens with one attached hydrogen (secondary N) is 2. The molecule has 3 rings (SSSR count). The van der Waals surface area contributed by atoms with E-state index < -0.39 is 52.2 Å². The van der Waals surface area contributed by atoms with Crippen LogP contribution in [0.1, 0.15) is 31.2 Å². The molecule has 2 atom stereocenters. The molecule has 0 saturated heterocycles. The summed E-state index contributed by atoms with van der Waals surface area (Å²) in [5.74, 6) is -1.17. The van der Waals surface area contributed by atoms with E-state index in [4.69, 9.17) is 0 Å². The van der Waals surface area contributed by atoms with Gasteiger partial charge in [0.05, 0.1) is 28.4 Å². The maximum Gasteiger partial charge on any atom is 0.420 e. The molecule has 1 saturated carbocycles. The number of hydrogen-bond donors (Lipinski definition) is 3. The van der Waals surface area contributed by atoms with Crippen LogP contribution in [-0.4, -0.2) is 56.2 Å². The van der Waals surface area contributed by atoms with Crippen molar-refractivity contribution in [2.45, 2.75) is 47.7 Å². The molecule has 0 heterocycles. The van der Waals surface area contributed by atoms with Gasteiger partial charge in [0.1, 0.15) is 0 Å². The number of carboxylic acid groups (broad SMARTS) is 1. The molecule has 1 aliphatic carbocycles. The van der Waals surface area contributed by atoms with Crippen LogP contribution in [0, 0.1) is 5.92 Å². The molecule has 4 amide bonds. The Labute approximate surface area is 228 Å². The van der Waals surface area contributed by atoms with Crippen LogP contribution < -0.4 is 15.5 Å². The number of carbonyl (C=O) groups is 3. The van der Waals surface area contributed by atoms with Gasteiger partial charge in [-0.05, 0) is 73.5 Å². The predicted molar refractivity (Wildman–Crippen MR) is 140 cm³/mol. The van der Waals surface area contributed by atoms with Crippen molar-refractivity contribution in [1.82, 2.24) is 10.6 Å². The number of alkyl halides is 3. The summed E-state index contributed by atoms with van der Waals surface area (Å²) in [6, 6.07) is 7.81. The number of nitrogens with zero attached hydrogens (tertiary/aromatic N) is 1. The van der Waals surface area contributed by atoms with Crippen molar-refractivity contribution >= 4 is 45.3 Å². The van der Waals surface area contributed by atoms with Crippen LogP contribution in [0.4, 0.5) is 28.4 Å². The van der Waals surface area contributed by atoms with Crippen LogP contribution in [0.2, 0.25) is 0 Å². The highest BCUT2D eigenvalue weighted by atomic mass is 32.2. The number of urea groups is 1. The molecular weight excluding hydrogens is 559 g/mol. The van der Waals surface area contributed by atoms with E-state index in [1.165, 1.54) is 11.8 Å².